The van der Waals surface area contributed by atoms with Gasteiger partial charge in [0.1, 0.15) is 0 Å². The van der Waals surface area contributed by atoms with Crippen LogP contribution in [0.25, 0.3) is 10.2 Å². The molecule has 4 heteroatoms. The predicted octanol–water partition coefficient (Wildman–Crippen LogP) is 5.03. The van der Waals surface area contributed by atoms with Crippen LogP contribution in [0.1, 0.15) is 40.5 Å². The summed E-state index contributed by atoms with van der Waals surface area (Å²) in [5, 5.41) is 0. The largest absolute Gasteiger partial charge is 0.248 e. The first-order chi connectivity index (χ1) is 9.01. The van der Waals surface area contributed by atoms with E-state index >= 15 is 0 Å². The van der Waals surface area contributed by atoms with Gasteiger partial charge in [0, 0.05) is 12.1 Å². The highest BCUT2D eigenvalue weighted by molar-refractivity contribution is 7.77. The molecule has 0 saturated carbocycles. The third-order valence-corrected chi connectivity index (χ3v) is 4.79. The summed E-state index contributed by atoms with van der Waals surface area (Å²) in [6.45, 7) is 9.88. The lowest BCUT2D eigenvalue weighted by Gasteiger charge is -2.32. The van der Waals surface area contributed by atoms with E-state index in [2.05, 4.69) is 55.9 Å². The zero-order valence-corrected chi connectivity index (χ0v) is 14.0. The Morgan fingerprint density at radius 2 is 1.95 bits per heavy atom. The van der Waals surface area contributed by atoms with Crippen molar-refractivity contribution < 1.29 is 0 Å². The van der Waals surface area contributed by atoms with Gasteiger partial charge >= 0.3 is 0 Å². The molecule has 0 aliphatic rings. The molecule has 2 aromatic rings. The quantitative estimate of drug-likeness (QED) is 0.797. The van der Waals surface area contributed by atoms with E-state index in [1.165, 1.54) is 11.1 Å². The second-order valence-electron chi connectivity index (χ2n) is 5.11. The van der Waals surface area contributed by atoms with Gasteiger partial charge in [0.15, 0.2) is 0 Å². The Kier molecular flexibility index (Phi) is 6.83. The van der Waals surface area contributed by atoms with Crippen LogP contribution >= 0.6 is 24.2 Å². The zero-order chi connectivity index (χ0) is 14.3. The zero-order valence-electron chi connectivity index (χ0n) is 12.3. The number of nitrogens with zero attached hydrogens (tertiary/aromatic N) is 2. The Hall–Kier alpha value is -0.580. The van der Waals surface area contributed by atoms with Crippen LogP contribution in [0, 0.1) is 0 Å². The molecule has 0 aliphatic heterocycles. The Labute approximate surface area is 126 Å². The molecular weight excluding hydrogens is 272 g/mol. The minimum absolute atomic E-state index is 0.249. The molecule has 0 aliphatic carbocycles. The molecule has 0 N–H and O–H groups in total. The van der Waals surface area contributed by atoms with Crippen molar-refractivity contribution in [1.82, 2.24) is 9.29 Å². The molecular formula is C15H24N2S2. The number of hydrogen-bond acceptors (Lipinski definition) is 4. The van der Waals surface area contributed by atoms with Crippen molar-refractivity contribution in [2.45, 2.75) is 46.1 Å². The van der Waals surface area contributed by atoms with E-state index < -0.39 is 0 Å². The van der Waals surface area contributed by atoms with Gasteiger partial charge in [-0.05, 0) is 38.8 Å². The molecule has 0 spiro atoms. The van der Waals surface area contributed by atoms with Gasteiger partial charge in [-0.25, -0.2) is 9.29 Å². The first kappa shape index (κ1) is 16.5. The minimum Gasteiger partial charge on any atom is -0.248 e. The van der Waals surface area contributed by atoms with Crippen LogP contribution in [-0.4, -0.2) is 21.4 Å². The van der Waals surface area contributed by atoms with Crippen LogP contribution in [0.3, 0.4) is 0 Å². The lowest BCUT2D eigenvalue weighted by molar-refractivity contribution is 0.244. The molecule has 1 aromatic heterocycles. The lowest BCUT2D eigenvalue weighted by Crippen LogP contribution is -2.36. The van der Waals surface area contributed by atoms with Gasteiger partial charge in [-0.3, -0.25) is 0 Å². The molecule has 1 heterocycles. The number of hydrogen-bond donors (Lipinski definition) is 1. The fourth-order valence-corrected chi connectivity index (χ4v) is 2.52. The topological polar surface area (TPSA) is 16.1 Å². The molecule has 0 radical (unpaired) electrons. The van der Waals surface area contributed by atoms with Crippen molar-refractivity contribution in [3.63, 3.8) is 0 Å². The molecule has 19 heavy (non-hydrogen) atoms. The smallest absolute Gasteiger partial charge is 0.0812 e. The molecule has 1 aromatic carbocycles. The van der Waals surface area contributed by atoms with E-state index in [4.69, 9.17) is 0 Å². The second kappa shape index (κ2) is 7.88. The molecule has 0 fully saturated rings. The summed E-state index contributed by atoms with van der Waals surface area (Å²) < 4.78 is 3.38. The molecule has 0 bridgehead atoms. The Bertz CT molecular complexity index is 449. The summed E-state index contributed by atoms with van der Waals surface area (Å²) in [6, 6.07) is 8.13. The lowest BCUT2D eigenvalue weighted by atomic mass is 10.0. The maximum absolute atomic E-state index is 4.40. The Morgan fingerprint density at radius 1 is 1.26 bits per heavy atom. The Morgan fingerprint density at radius 3 is 2.53 bits per heavy atom. The summed E-state index contributed by atoms with van der Waals surface area (Å²) in [7, 11) is 0. The van der Waals surface area contributed by atoms with Crippen molar-refractivity contribution in [3.05, 3.63) is 29.8 Å². The monoisotopic (exact) mass is 296 g/mol. The molecule has 0 amide bonds. The van der Waals surface area contributed by atoms with Crippen molar-refractivity contribution in [2.75, 3.05) is 6.54 Å². The SMILES string of the molecule is CCCN(S)C(C)(C)CC.c1ccc2scnc2c1. The van der Waals surface area contributed by atoms with Crippen LogP contribution in [-0.2, 0) is 0 Å². The van der Waals surface area contributed by atoms with Crippen LogP contribution in [0.4, 0.5) is 0 Å². The summed E-state index contributed by atoms with van der Waals surface area (Å²) in [5.41, 5.74) is 3.21. The van der Waals surface area contributed by atoms with Crippen LogP contribution in [0.15, 0.2) is 29.8 Å². The number of thiazole rings is 1. The molecule has 106 valence electrons. The van der Waals surface area contributed by atoms with Crippen molar-refractivity contribution in [1.29, 1.82) is 0 Å². The van der Waals surface area contributed by atoms with Crippen LogP contribution < -0.4 is 0 Å². The van der Waals surface area contributed by atoms with Gasteiger partial charge in [0.05, 0.1) is 15.7 Å². The van der Waals surface area contributed by atoms with Crippen LogP contribution in [0.5, 0.6) is 0 Å². The van der Waals surface area contributed by atoms with Gasteiger partial charge < -0.3 is 0 Å². The Balaban J connectivity index is 0.000000190. The van der Waals surface area contributed by atoms with Crippen molar-refractivity contribution in [2.24, 2.45) is 0 Å². The summed E-state index contributed by atoms with van der Waals surface area (Å²) in [6.07, 6.45) is 2.32. The van der Waals surface area contributed by atoms with Gasteiger partial charge in [0.25, 0.3) is 0 Å². The minimum atomic E-state index is 0.249. The number of thiol groups is 1. The maximum atomic E-state index is 4.40. The van der Waals surface area contributed by atoms with Crippen LogP contribution in [0.2, 0.25) is 0 Å². The average Bonchev–Trinajstić information content (AvgIpc) is 2.88. The van der Waals surface area contributed by atoms with E-state index in [1.54, 1.807) is 11.3 Å². The fourth-order valence-electron chi connectivity index (χ4n) is 1.50. The van der Waals surface area contributed by atoms with E-state index in [0.717, 1.165) is 18.5 Å². The number of rotatable bonds is 4. The first-order valence-corrected chi connectivity index (χ1v) is 8.04. The highest BCUT2D eigenvalue weighted by Crippen LogP contribution is 2.20. The number of benzene rings is 1. The third kappa shape index (κ3) is 5.13. The van der Waals surface area contributed by atoms with E-state index in [9.17, 15) is 0 Å². The van der Waals surface area contributed by atoms with Crippen molar-refractivity contribution >= 4 is 34.4 Å². The molecule has 2 nitrogen and oxygen atoms in total. The number of fused-ring (bicyclic) bond motifs is 1. The summed E-state index contributed by atoms with van der Waals surface area (Å²) in [5.74, 6) is 0. The van der Waals surface area contributed by atoms with Gasteiger partial charge in [0.2, 0.25) is 0 Å². The number of para-hydroxylation sites is 1. The molecule has 0 saturated heterocycles. The van der Waals surface area contributed by atoms with Gasteiger partial charge in [-0.1, -0.05) is 38.8 Å². The summed E-state index contributed by atoms with van der Waals surface area (Å²) in [4.78, 5) is 4.14. The second-order valence-corrected chi connectivity index (χ2v) is 6.48. The van der Waals surface area contributed by atoms with Gasteiger partial charge in [-0.2, -0.15) is 0 Å². The first-order valence-electron chi connectivity index (χ1n) is 6.76. The fraction of sp³-hybridized carbons (Fsp3) is 0.533. The molecule has 0 unspecified atom stereocenters. The number of aromatic nitrogens is 1. The maximum Gasteiger partial charge on any atom is 0.0812 e. The van der Waals surface area contributed by atoms with E-state index in [0.29, 0.717) is 0 Å². The van der Waals surface area contributed by atoms with E-state index in [-0.39, 0.29) is 5.54 Å². The molecule has 0 atom stereocenters. The highest BCUT2D eigenvalue weighted by Gasteiger charge is 2.20. The average molecular weight is 297 g/mol. The molecule has 2 rings (SSSR count). The standard InChI is InChI=1S/C8H19NS.C7H5NS/c1-5-7-9(10)8(3,4)6-2;1-2-4-7-6(3-1)8-5-9-7/h10H,5-7H2,1-4H3;1-5H. The highest BCUT2D eigenvalue weighted by atomic mass is 32.1. The summed E-state index contributed by atoms with van der Waals surface area (Å²) >= 11 is 6.08. The van der Waals surface area contributed by atoms with E-state index in [1.807, 2.05) is 23.7 Å². The normalized spacial score (nSPS) is 11.5. The predicted molar refractivity (Wildman–Crippen MR) is 90.0 cm³/mol. The van der Waals surface area contributed by atoms with Crippen molar-refractivity contribution in [3.8, 4) is 0 Å². The third-order valence-electron chi connectivity index (χ3n) is 3.24. The van der Waals surface area contributed by atoms with Gasteiger partial charge in [-0.15, -0.1) is 11.3 Å².